The Hall–Kier alpha value is -1.70. The lowest BCUT2D eigenvalue weighted by Crippen LogP contribution is -2.33. The van der Waals surface area contributed by atoms with Crippen molar-refractivity contribution in [1.29, 1.82) is 0 Å². The number of esters is 1. The lowest BCUT2D eigenvalue weighted by molar-refractivity contribution is 0.0734. The number of ether oxygens (including phenoxy) is 1. The largest absolute Gasteiger partial charge is 0.423 e. The minimum Gasteiger partial charge on any atom is -0.423 e. The molecule has 0 unspecified atom stereocenters. The van der Waals surface area contributed by atoms with E-state index in [1.165, 1.54) is 35.6 Å². The molecule has 0 aromatic heterocycles. The van der Waals surface area contributed by atoms with Crippen LogP contribution in [0.4, 0.5) is 0 Å². The SMILES string of the molecule is CC(C)N(C)S(=O)(=O)c1cccc(C(=O)Oc2ccc(Br)cc2)c1. The number of hydrogen-bond donors (Lipinski definition) is 0. The van der Waals surface area contributed by atoms with E-state index in [9.17, 15) is 13.2 Å². The average molecular weight is 412 g/mol. The molecule has 2 aromatic carbocycles. The summed E-state index contributed by atoms with van der Waals surface area (Å²) in [6.45, 7) is 3.56. The zero-order chi connectivity index (χ0) is 17.9. The minimum atomic E-state index is -3.65. The number of carbonyl (C=O) groups excluding carboxylic acids is 1. The molecule has 5 nitrogen and oxygen atoms in total. The van der Waals surface area contributed by atoms with Gasteiger partial charge >= 0.3 is 5.97 Å². The first-order valence-corrected chi connectivity index (χ1v) is 9.51. The Labute approximate surface area is 150 Å². The Morgan fingerprint density at radius 2 is 1.75 bits per heavy atom. The van der Waals surface area contributed by atoms with Gasteiger partial charge in [-0.1, -0.05) is 22.0 Å². The van der Waals surface area contributed by atoms with Gasteiger partial charge in [0.05, 0.1) is 10.5 Å². The summed E-state index contributed by atoms with van der Waals surface area (Å²) in [6.07, 6.45) is 0. The highest BCUT2D eigenvalue weighted by molar-refractivity contribution is 9.10. The third-order valence-corrected chi connectivity index (χ3v) is 6.06. The molecule has 0 amide bonds. The molecule has 24 heavy (non-hydrogen) atoms. The van der Waals surface area contributed by atoms with Crippen LogP contribution < -0.4 is 4.74 Å². The molecule has 0 radical (unpaired) electrons. The van der Waals surface area contributed by atoms with E-state index in [0.717, 1.165) is 4.47 Å². The van der Waals surface area contributed by atoms with Gasteiger partial charge in [0.25, 0.3) is 0 Å². The van der Waals surface area contributed by atoms with Crippen molar-refractivity contribution in [3.8, 4) is 5.75 Å². The summed E-state index contributed by atoms with van der Waals surface area (Å²) in [5.41, 5.74) is 0.177. The van der Waals surface area contributed by atoms with Crippen molar-refractivity contribution in [3.63, 3.8) is 0 Å². The number of rotatable bonds is 5. The van der Waals surface area contributed by atoms with Crippen molar-refractivity contribution in [1.82, 2.24) is 4.31 Å². The maximum atomic E-state index is 12.5. The number of benzene rings is 2. The molecule has 0 aliphatic rings. The Bertz CT molecular complexity index is 832. The smallest absolute Gasteiger partial charge is 0.343 e. The van der Waals surface area contributed by atoms with Crippen LogP contribution in [-0.2, 0) is 10.0 Å². The Morgan fingerprint density at radius 1 is 1.12 bits per heavy atom. The Balaban J connectivity index is 2.27. The quantitative estimate of drug-likeness (QED) is 0.555. The lowest BCUT2D eigenvalue weighted by Gasteiger charge is -2.21. The van der Waals surface area contributed by atoms with Gasteiger partial charge in [-0.15, -0.1) is 0 Å². The first kappa shape index (κ1) is 18.6. The summed E-state index contributed by atoms with van der Waals surface area (Å²) < 4.78 is 32.4. The number of hydrogen-bond acceptors (Lipinski definition) is 4. The van der Waals surface area contributed by atoms with Gasteiger partial charge in [0.1, 0.15) is 5.75 Å². The molecule has 7 heteroatoms. The van der Waals surface area contributed by atoms with Crippen molar-refractivity contribution in [3.05, 3.63) is 58.6 Å². The summed E-state index contributed by atoms with van der Waals surface area (Å²) in [6, 6.07) is 12.5. The normalized spacial score (nSPS) is 11.8. The Morgan fingerprint density at radius 3 is 2.33 bits per heavy atom. The molecule has 128 valence electrons. The van der Waals surface area contributed by atoms with Crippen molar-refractivity contribution in [2.24, 2.45) is 0 Å². The van der Waals surface area contributed by atoms with Crippen LogP contribution in [0.2, 0.25) is 0 Å². The summed E-state index contributed by atoms with van der Waals surface area (Å²) >= 11 is 3.30. The third-order valence-electron chi connectivity index (χ3n) is 3.50. The number of sulfonamides is 1. The number of nitrogens with zero attached hydrogens (tertiary/aromatic N) is 1. The standard InChI is InChI=1S/C17H18BrNO4S/c1-12(2)19(3)24(21,22)16-6-4-5-13(11-16)17(20)23-15-9-7-14(18)8-10-15/h4-12H,1-3H3. The molecule has 0 saturated heterocycles. The summed E-state index contributed by atoms with van der Waals surface area (Å²) in [7, 11) is -2.15. The van der Waals surface area contributed by atoms with Gasteiger partial charge in [0.15, 0.2) is 0 Å². The predicted octanol–water partition coefficient (Wildman–Crippen LogP) is 3.70. The molecule has 0 atom stereocenters. The monoisotopic (exact) mass is 411 g/mol. The highest BCUT2D eigenvalue weighted by atomic mass is 79.9. The second-order valence-electron chi connectivity index (χ2n) is 5.49. The first-order chi connectivity index (χ1) is 11.2. The van der Waals surface area contributed by atoms with Crippen molar-refractivity contribution in [2.75, 3.05) is 7.05 Å². The molecule has 0 heterocycles. The van der Waals surface area contributed by atoms with Gasteiger partial charge in [-0.25, -0.2) is 13.2 Å². The third kappa shape index (κ3) is 4.23. The fraction of sp³-hybridized carbons (Fsp3) is 0.235. The van der Waals surface area contributed by atoms with Gasteiger partial charge in [0.2, 0.25) is 10.0 Å². The van der Waals surface area contributed by atoms with Crippen LogP contribution in [0.1, 0.15) is 24.2 Å². The predicted molar refractivity (Wildman–Crippen MR) is 95.6 cm³/mol. The van der Waals surface area contributed by atoms with Crippen LogP contribution in [-0.4, -0.2) is 31.8 Å². The van der Waals surface area contributed by atoms with Crippen LogP contribution >= 0.6 is 15.9 Å². The molecule has 0 bridgehead atoms. The van der Waals surface area contributed by atoms with E-state index in [0.29, 0.717) is 5.75 Å². The first-order valence-electron chi connectivity index (χ1n) is 7.27. The topological polar surface area (TPSA) is 63.7 Å². The van der Waals surface area contributed by atoms with E-state index in [-0.39, 0.29) is 16.5 Å². The summed E-state index contributed by atoms with van der Waals surface area (Å²) in [5, 5.41) is 0. The summed E-state index contributed by atoms with van der Waals surface area (Å²) in [4.78, 5) is 12.3. The molecular formula is C17H18BrNO4S. The molecule has 0 spiro atoms. The zero-order valence-corrected chi connectivity index (χ0v) is 16.0. The van der Waals surface area contributed by atoms with Gasteiger partial charge in [0, 0.05) is 17.6 Å². The molecule has 0 N–H and O–H groups in total. The van der Waals surface area contributed by atoms with E-state index in [2.05, 4.69) is 15.9 Å². The molecule has 0 aliphatic heterocycles. The van der Waals surface area contributed by atoms with E-state index in [1.807, 2.05) is 0 Å². The second kappa shape index (κ2) is 7.46. The maximum absolute atomic E-state index is 12.5. The lowest BCUT2D eigenvalue weighted by atomic mass is 10.2. The van der Waals surface area contributed by atoms with Crippen LogP contribution in [0, 0.1) is 0 Å². The average Bonchev–Trinajstić information content (AvgIpc) is 2.56. The number of halogens is 1. The molecule has 0 aliphatic carbocycles. The van der Waals surface area contributed by atoms with E-state index < -0.39 is 16.0 Å². The molecule has 2 aromatic rings. The van der Waals surface area contributed by atoms with E-state index >= 15 is 0 Å². The van der Waals surface area contributed by atoms with Gasteiger partial charge in [-0.05, 0) is 56.3 Å². The van der Waals surface area contributed by atoms with Crippen LogP contribution in [0.3, 0.4) is 0 Å². The van der Waals surface area contributed by atoms with Crippen LogP contribution in [0.15, 0.2) is 57.9 Å². The van der Waals surface area contributed by atoms with Gasteiger partial charge in [-0.2, -0.15) is 4.31 Å². The molecular weight excluding hydrogens is 394 g/mol. The molecule has 0 saturated carbocycles. The second-order valence-corrected chi connectivity index (χ2v) is 8.40. The van der Waals surface area contributed by atoms with Crippen molar-refractivity contribution in [2.45, 2.75) is 24.8 Å². The Kier molecular flexibility index (Phi) is 5.79. The van der Waals surface area contributed by atoms with E-state index in [1.54, 1.807) is 38.1 Å². The summed E-state index contributed by atoms with van der Waals surface area (Å²) in [5.74, 6) is -0.225. The van der Waals surface area contributed by atoms with Gasteiger partial charge < -0.3 is 4.74 Å². The molecule has 0 fully saturated rings. The highest BCUT2D eigenvalue weighted by Crippen LogP contribution is 2.20. The van der Waals surface area contributed by atoms with Gasteiger partial charge in [-0.3, -0.25) is 0 Å². The fourth-order valence-electron chi connectivity index (χ4n) is 1.90. The molecule has 2 rings (SSSR count). The maximum Gasteiger partial charge on any atom is 0.343 e. The minimum absolute atomic E-state index is 0.0592. The number of carbonyl (C=O) groups is 1. The van der Waals surface area contributed by atoms with Crippen LogP contribution in [0.5, 0.6) is 5.75 Å². The van der Waals surface area contributed by atoms with Crippen molar-refractivity contribution >= 4 is 31.9 Å². The van der Waals surface area contributed by atoms with Crippen LogP contribution in [0.25, 0.3) is 0 Å². The fourth-order valence-corrected chi connectivity index (χ4v) is 3.57. The van der Waals surface area contributed by atoms with E-state index in [4.69, 9.17) is 4.74 Å². The zero-order valence-electron chi connectivity index (χ0n) is 13.6. The highest BCUT2D eigenvalue weighted by Gasteiger charge is 2.24. The van der Waals surface area contributed by atoms with Crippen molar-refractivity contribution < 1.29 is 17.9 Å².